The van der Waals surface area contributed by atoms with Crippen molar-refractivity contribution in [2.75, 3.05) is 18.5 Å². The van der Waals surface area contributed by atoms with Crippen LogP contribution in [0.5, 0.6) is 11.5 Å². The molecule has 10 heteroatoms. The smallest absolute Gasteiger partial charge is 0.271 e. The van der Waals surface area contributed by atoms with Gasteiger partial charge in [-0.3, -0.25) is 4.79 Å². The fourth-order valence-corrected chi connectivity index (χ4v) is 4.55. The number of hydrogen-bond acceptors (Lipinski definition) is 8. The second-order valence-electron chi connectivity index (χ2n) is 8.01. The number of hydrogen-bond donors (Lipinski definition) is 2. The van der Waals surface area contributed by atoms with E-state index in [2.05, 4.69) is 36.8 Å². The van der Waals surface area contributed by atoms with Gasteiger partial charge in [0.15, 0.2) is 23.2 Å². The van der Waals surface area contributed by atoms with Crippen molar-refractivity contribution < 1.29 is 14.3 Å². The van der Waals surface area contributed by atoms with Crippen molar-refractivity contribution in [1.29, 1.82) is 5.26 Å². The quantitative estimate of drug-likeness (QED) is 0.157. The number of amides is 1. The van der Waals surface area contributed by atoms with E-state index < -0.39 is 0 Å². The number of nitriles is 1. The average molecular weight is 591 g/mol. The molecule has 38 heavy (non-hydrogen) atoms. The summed E-state index contributed by atoms with van der Waals surface area (Å²) in [5, 5.41) is 18.9. The van der Waals surface area contributed by atoms with Gasteiger partial charge in [-0.15, -0.1) is 11.3 Å². The number of aromatic nitrogens is 1. The molecule has 0 spiro atoms. The number of benzene rings is 3. The molecule has 0 aliphatic carbocycles. The van der Waals surface area contributed by atoms with E-state index in [1.54, 1.807) is 24.3 Å². The first-order valence-corrected chi connectivity index (χ1v) is 13.3. The van der Waals surface area contributed by atoms with Crippen LogP contribution in [0.1, 0.15) is 28.4 Å². The lowest BCUT2D eigenvalue weighted by Crippen LogP contribution is -2.17. The van der Waals surface area contributed by atoms with E-state index in [-0.39, 0.29) is 12.5 Å². The fraction of sp³-hybridized carbons (Fsp3) is 0.143. The van der Waals surface area contributed by atoms with Gasteiger partial charge in [-0.05, 0) is 66.2 Å². The van der Waals surface area contributed by atoms with E-state index in [4.69, 9.17) is 14.7 Å². The van der Waals surface area contributed by atoms with Crippen LogP contribution in [0.3, 0.4) is 0 Å². The summed E-state index contributed by atoms with van der Waals surface area (Å²) in [4.78, 5) is 17.3. The van der Waals surface area contributed by atoms with Crippen LogP contribution >= 0.6 is 27.3 Å². The average Bonchev–Trinajstić information content (AvgIpc) is 3.39. The number of nitrogens with zero attached hydrogens (tertiary/aromatic N) is 3. The third-order valence-corrected chi connectivity index (χ3v) is 6.72. The molecule has 1 aromatic heterocycles. The number of carbonyl (C=O) groups excluding carboxylic acids is 1. The predicted molar refractivity (Wildman–Crippen MR) is 153 cm³/mol. The predicted octanol–water partition coefficient (Wildman–Crippen LogP) is 6.69. The Morgan fingerprint density at radius 3 is 2.58 bits per heavy atom. The number of carbonyl (C=O) groups is 1. The number of aryl methyl sites for hydroxylation is 1. The van der Waals surface area contributed by atoms with Crippen LogP contribution < -0.4 is 20.2 Å². The van der Waals surface area contributed by atoms with Crippen LogP contribution in [0.25, 0.3) is 11.3 Å². The first-order valence-electron chi connectivity index (χ1n) is 11.7. The molecule has 4 aromatic rings. The van der Waals surface area contributed by atoms with Crippen molar-refractivity contribution in [2.45, 2.75) is 13.8 Å². The summed E-state index contributed by atoms with van der Waals surface area (Å²) in [6.45, 7) is 4.24. The van der Waals surface area contributed by atoms with Gasteiger partial charge in [0.05, 0.1) is 18.5 Å². The topological polar surface area (TPSA) is 109 Å². The zero-order chi connectivity index (χ0) is 26.9. The summed E-state index contributed by atoms with van der Waals surface area (Å²) in [5.41, 5.74) is 7.59. The monoisotopic (exact) mass is 589 g/mol. The summed E-state index contributed by atoms with van der Waals surface area (Å²) >= 11 is 4.97. The Balaban J connectivity index is 1.38. The van der Waals surface area contributed by atoms with Gasteiger partial charge in [-0.25, -0.2) is 10.4 Å². The molecule has 0 fully saturated rings. The number of thiazole rings is 1. The van der Waals surface area contributed by atoms with Gasteiger partial charge in [-0.1, -0.05) is 29.8 Å². The molecule has 0 atom stereocenters. The molecule has 1 amide bonds. The number of ether oxygens (including phenoxy) is 2. The SMILES string of the molecule is CCOc1cc(/C=N\NC(=O)c2ccc(-c3csc(Nc4ccc(C)cc4)n3)cc2)c(Br)cc1OCC#N. The number of halogens is 1. The van der Waals surface area contributed by atoms with Crippen molar-refractivity contribution in [3.05, 3.63) is 87.2 Å². The Morgan fingerprint density at radius 2 is 1.87 bits per heavy atom. The van der Waals surface area contributed by atoms with E-state index >= 15 is 0 Å². The molecule has 4 rings (SSSR count). The Labute approximate surface area is 233 Å². The van der Waals surface area contributed by atoms with E-state index in [0.29, 0.717) is 33.7 Å². The maximum absolute atomic E-state index is 12.6. The van der Waals surface area contributed by atoms with Gasteiger partial charge in [0.2, 0.25) is 0 Å². The lowest BCUT2D eigenvalue weighted by atomic mass is 10.1. The minimum Gasteiger partial charge on any atom is -0.490 e. The number of rotatable bonds is 10. The highest BCUT2D eigenvalue weighted by atomic mass is 79.9. The van der Waals surface area contributed by atoms with Gasteiger partial charge < -0.3 is 14.8 Å². The highest BCUT2D eigenvalue weighted by molar-refractivity contribution is 9.10. The molecule has 3 aromatic carbocycles. The lowest BCUT2D eigenvalue weighted by molar-refractivity contribution is 0.0955. The summed E-state index contributed by atoms with van der Waals surface area (Å²) in [5.74, 6) is 0.580. The van der Waals surface area contributed by atoms with Gasteiger partial charge in [-0.2, -0.15) is 10.4 Å². The second-order valence-corrected chi connectivity index (χ2v) is 9.72. The van der Waals surface area contributed by atoms with Crippen molar-refractivity contribution in [2.24, 2.45) is 5.10 Å². The molecule has 0 unspecified atom stereocenters. The third-order valence-electron chi connectivity index (χ3n) is 5.27. The highest BCUT2D eigenvalue weighted by Crippen LogP contribution is 2.33. The molecular weight excluding hydrogens is 566 g/mol. The summed E-state index contributed by atoms with van der Waals surface area (Å²) in [7, 11) is 0. The van der Waals surface area contributed by atoms with E-state index in [1.165, 1.54) is 23.1 Å². The molecule has 0 radical (unpaired) electrons. The number of anilines is 2. The maximum atomic E-state index is 12.6. The van der Waals surface area contributed by atoms with Gasteiger partial charge >= 0.3 is 0 Å². The molecule has 0 bridgehead atoms. The zero-order valence-electron chi connectivity index (χ0n) is 20.7. The molecular formula is C28H24BrN5O3S. The van der Waals surface area contributed by atoms with Crippen molar-refractivity contribution in [3.8, 4) is 28.8 Å². The van der Waals surface area contributed by atoms with Gasteiger partial charge in [0.1, 0.15) is 6.07 Å². The molecule has 0 saturated heterocycles. The van der Waals surface area contributed by atoms with Crippen LogP contribution in [0, 0.1) is 18.3 Å². The van der Waals surface area contributed by atoms with E-state index in [9.17, 15) is 4.79 Å². The Kier molecular flexibility index (Phi) is 9.08. The zero-order valence-corrected chi connectivity index (χ0v) is 23.1. The normalized spacial score (nSPS) is 10.7. The maximum Gasteiger partial charge on any atom is 0.271 e. The number of hydrazone groups is 1. The van der Waals surface area contributed by atoms with Crippen molar-refractivity contribution >= 4 is 50.2 Å². The number of nitrogens with one attached hydrogen (secondary N) is 2. The molecule has 0 aliphatic heterocycles. The van der Waals surface area contributed by atoms with Gasteiger partial charge in [0, 0.05) is 32.2 Å². The van der Waals surface area contributed by atoms with Crippen LogP contribution in [-0.2, 0) is 0 Å². The minimum absolute atomic E-state index is 0.0945. The van der Waals surface area contributed by atoms with Gasteiger partial charge in [0.25, 0.3) is 5.91 Å². The molecule has 0 saturated carbocycles. The van der Waals surface area contributed by atoms with Crippen LogP contribution in [-0.4, -0.2) is 30.3 Å². The molecule has 1 heterocycles. The molecule has 0 aliphatic rings. The second kappa shape index (κ2) is 12.9. The Hall–Kier alpha value is -4.20. The van der Waals surface area contributed by atoms with Crippen LogP contribution in [0.4, 0.5) is 10.8 Å². The first-order chi connectivity index (χ1) is 18.5. The molecule has 192 valence electrons. The van der Waals surface area contributed by atoms with Crippen LogP contribution in [0.2, 0.25) is 0 Å². The molecule has 8 nitrogen and oxygen atoms in total. The largest absolute Gasteiger partial charge is 0.490 e. The first kappa shape index (κ1) is 26.9. The van der Waals surface area contributed by atoms with E-state index in [0.717, 1.165) is 22.1 Å². The summed E-state index contributed by atoms with van der Waals surface area (Å²) < 4.78 is 11.7. The Bertz CT molecular complexity index is 1480. The van der Waals surface area contributed by atoms with E-state index in [1.807, 2.05) is 61.7 Å². The Morgan fingerprint density at radius 1 is 1.13 bits per heavy atom. The van der Waals surface area contributed by atoms with Crippen molar-refractivity contribution in [1.82, 2.24) is 10.4 Å². The summed E-state index contributed by atoms with van der Waals surface area (Å²) in [6, 6.07) is 20.7. The highest BCUT2D eigenvalue weighted by Gasteiger charge is 2.11. The fourth-order valence-electron chi connectivity index (χ4n) is 3.38. The van der Waals surface area contributed by atoms with Crippen molar-refractivity contribution in [3.63, 3.8) is 0 Å². The standard InChI is InChI=1S/C28H24BrN5O3S/c1-3-36-25-14-21(23(29)15-26(25)37-13-12-30)16-31-34-27(35)20-8-6-19(7-9-20)24-17-38-28(33-24)32-22-10-4-18(2)5-11-22/h4-11,14-17H,3,13H2,1-2H3,(H,32,33)(H,34,35)/b31-16-. The summed E-state index contributed by atoms with van der Waals surface area (Å²) in [6.07, 6.45) is 1.50. The minimum atomic E-state index is -0.345. The lowest BCUT2D eigenvalue weighted by Gasteiger charge is -2.12. The third kappa shape index (κ3) is 6.97. The molecule has 2 N–H and O–H groups in total. The van der Waals surface area contributed by atoms with Crippen LogP contribution in [0.15, 0.2) is 75.6 Å².